The van der Waals surface area contributed by atoms with E-state index in [9.17, 15) is 4.79 Å². The van der Waals surface area contributed by atoms with Gasteiger partial charge < -0.3 is 4.74 Å². The van der Waals surface area contributed by atoms with Crippen molar-refractivity contribution in [2.75, 3.05) is 0 Å². The average molecular weight is 266 g/mol. The molecule has 3 rings (SSSR count). The maximum atomic E-state index is 12.7. The van der Waals surface area contributed by atoms with Gasteiger partial charge in [-0.05, 0) is 25.0 Å². The highest BCUT2D eigenvalue weighted by atomic mass is 16.5. The molecule has 0 fully saturated rings. The molecule has 0 aromatic heterocycles. The van der Waals surface area contributed by atoms with Crippen LogP contribution in [0, 0.1) is 6.92 Å². The van der Waals surface area contributed by atoms with E-state index >= 15 is 0 Å². The Balaban J connectivity index is 2.03. The lowest BCUT2D eigenvalue weighted by molar-refractivity contribution is -0.129. The summed E-state index contributed by atoms with van der Waals surface area (Å²) in [6.45, 7) is 4.09. The highest BCUT2D eigenvalue weighted by molar-refractivity contribution is 5.93. The van der Waals surface area contributed by atoms with Gasteiger partial charge in [0.05, 0.1) is 5.92 Å². The first kappa shape index (κ1) is 12.9. The van der Waals surface area contributed by atoms with Crippen LogP contribution in [0.3, 0.4) is 0 Å². The number of hydrogen-bond donors (Lipinski definition) is 0. The van der Waals surface area contributed by atoms with Crippen LogP contribution in [0.15, 0.2) is 48.5 Å². The van der Waals surface area contributed by atoms with Gasteiger partial charge in [0.1, 0.15) is 5.75 Å². The summed E-state index contributed by atoms with van der Waals surface area (Å²) >= 11 is 0. The van der Waals surface area contributed by atoms with Gasteiger partial charge in [0, 0.05) is 5.56 Å². The zero-order chi connectivity index (χ0) is 14.1. The topological polar surface area (TPSA) is 26.3 Å². The number of Topliss-reactive ketones (excluding diaryl/α,β-unsaturated/α-hetero) is 1. The third-order valence-corrected chi connectivity index (χ3v) is 3.93. The number of carbonyl (C=O) groups excluding carboxylic acids is 1. The summed E-state index contributed by atoms with van der Waals surface area (Å²) in [6.07, 6.45) is 0.331. The van der Waals surface area contributed by atoms with Gasteiger partial charge in [-0.1, -0.05) is 55.0 Å². The van der Waals surface area contributed by atoms with E-state index in [4.69, 9.17) is 4.74 Å². The van der Waals surface area contributed by atoms with E-state index in [1.54, 1.807) is 0 Å². The molecule has 20 heavy (non-hydrogen) atoms. The van der Waals surface area contributed by atoms with Crippen LogP contribution in [0.4, 0.5) is 0 Å². The summed E-state index contributed by atoms with van der Waals surface area (Å²) in [5.41, 5.74) is 3.14. The molecule has 2 aromatic carbocycles. The smallest absolute Gasteiger partial charge is 0.185 e. The molecule has 102 valence electrons. The van der Waals surface area contributed by atoms with Crippen LogP contribution in [0.1, 0.15) is 42.1 Å². The fourth-order valence-corrected chi connectivity index (χ4v) is 2.79. The van der Waals surface area contributed by atoms with Gasteiger partial charge in [0.25, 0.3) is 0 Å². The van der Waals surface area contributed by atoms with Crippen LogP contribution < -0.4 is 4.74 Å². The Morgan fingerprint density at radius 1 is 1.05 bits per heavy atom. The van der Waals surface area contributed by atoms with Crippen molar-refractivity contribution < 1.29 is 9.53 Å². The zero-order valence-corrected chi connectivity index (χ0v) is 11.8. The molecule has 1 heterocycles. The second-order valence-corrected chi connectivity index (χ2v) is 5.31. The minimum absolute atomic E-state index is 0.0637. The molecular formula is C18H18O2. The Kier molecular flexibility index (Phi) is 3.31. The fourth-order valence-electron chi connectivity index (χ4n) is 2.79. The Morgan fingerprint density at radius 2 is 1.75 bits per heavy atom. The number of aryl methyl sites for hydroxylation is 1. The first-order chi connectivity index (χ1) is 9.70. The van der Waals surface area contributed by atoms with Gasteiger partial charge in [-0.15, -0.1) is 0 Å². The van der Waals surface area contributed by atoms with Crippen molar-refractivity contribution in [1.82, 2.24) is 0 Å². The fraction of sp³-hybridized carbons (Fsp3) is 0.278. The Morgan fingerprint density at radius 3 is 2.45 bits per heavy atom. The van der Waals surface area contributed by atoms with Crippen molar-refractivity contribution >= 4 is 5.78 Å². The number of ether oxygens (including phenoxy) is 1. The van der Waals surface area contributed by atoms with Gasteiger partial charge in [-0.2, -0.15) is 0 Å². The predicted molar refractivity (Wildman–Crippen MR) is 79.0 cm³/mol. The molecule has 0 saturated heterocycles. The van der Waals surface area contributed by atoms with Crippen LogP contribution in [-0.4, -0.2) is 5.78 Å². The van der Waals surface area contributed by atoms with Gasteiger partial charge in [-0.3, -0.25) is 4.79 Å². The summed E-state index contributed by atoms with van der Waals surface area (Å²) in [5.74, 6) is 0.936. The summed E-state index contributed by atoms with van der Waals surface area (Å²) in [5, 5.41) is 0. The molecule has 0 spiro atoms. The minimum Gasteiger partial charge on any atom is -0.478 e. The van der Waals surface area contributed by atoms with Crippen molar-refractivity contribution in [3.8, 4) is 5.75 Å². The second-order valence-electron chi connectivity index (χ2n) is 5.31. The molecule has 0 saturated carbocycles. The van der Waals surface area contributed by atoms with Crippen molar-refractivity contribution in [1.29, 1.82) is 0 Å². The van der Waals surface area contributed by atoms with Crippen molar-refractivity contribution in [2.45, 2.75) is 32.3 Å². The number of ketones is 1. The zero-order valence-electron chi connectivity index (χ0n) is 11.8. The van der Waals surface area contributed by atoms with E-state index in [2.05, 4.69) is 6.92 Å². The molecule has 0 radical (unpaired) electrons. The largest absolute Gasteiger partial charge is 0.478 e. The molecule has 0 amide bonds. The summed E-state index contributed by atoms with van der Waals surface area (Å²) in [4.78, 5) is 12.7. The molecule has 0 aliphatic carbocycles. The molecule has 2 heteroatoms. The highest BCUT2D eigenvalue weighted by Crippen LogP contribution is 2.40. The second kappa shape index (κ2) is 5.12. The van der Waals surface area contributed by atoms with Gasteiger partial charge >= 0.3 is 0 Å². The lowest BCUT2D eigenvalue weighted by atomic mass is 9.84. The molecule has 1 aliphatic heterocycles. The van der Waals surface area contributed by atoms with Crippen LogP contribution in [0.25, 0.3) is 0 Å². The molecule has 2 unspecified atom stereocenters. The number of fused-ring (bicyclic) bond motifs is 1. The third kappa shape index (κ3) is 2.11. The highest BCUT2D eigenvalue weighted by Gasteiger charge is 2.36. The van der Waals surface area contributed by atoms with E-state index in [0.717, 1.165) is 23.3 Å². The first-order valence-corrected chi connectivity index (χ1v) is 7.06. The van der Waals surface area contributed by atoms with E-state index in [-0.39, 0.29) is 11.7 Å². The van der Waals surface area contributed by atoms with E-state index in [0.29, 0.717) is 0 Å². The van der Waals surface area contributed by atoms with Crippen LogP contribution >= 0.6 is 0 Å². The normalized spacial score (nSPS) is 21.2. The number of carbonyl (C=O) groups is 1. The van der Waals surface area contributed by atoms with E-state index in [1.165, 1.54) is 5.56 Å². The van der Waals surface area contributed by atoms with Crippen molar-refractivity contribution in [3.05, 3.63) is 65.2 Å². The van der Waals surface area contributed by atoms with Crippen LogP contribution in [0.2, 0.25) is 0 Å². The quantitative estimate of drug-likeness (QED) is 0.814. The SMILES string of the molecule is CCC1C(=O)C(c2ccc(C)cc2)Oc2ccccc21. The first-order valence-electron chi connectivity index (χ1n) is 7.06. The summed E-state index contributed by atoms with van der Waals surface area (Å²) < 4.78 is 5.95. The number of rotatable bonds is 2. The maximum absolute atomic E-state index is 12.7. The maximum Gasteiger partial charge on any atom is 0.185 e. The molecule has 0 bridgehead atoms. The average Bonchev–Trinajstić information content (AvgIpc) is 2.48. The van der Waals surface area contributed by atoms with Crippen molar-refractivity contribution in [3.63, 3.8) is 0 Å². The third-order valence-electron chi connectivity index (χ3n) is 3.93. The molecule has 0 N–H and O–H groups in total. The molecule has 1 aliphatic rings. The Labute approximate surface area is 119 Å². The number of para-hydroxylation sites is 1. The Hall–Kier alpha value is -2.09. The number of hydrogen-bond acceptors (Lipinski definition) is 2. The Bertz CT molecular complexity index is 628. The van der Waals surface area contributed by atoms with E-state index < -0.39 is 6.10 Å². The standard InChI is InChI=1S/C18H18O2/c1-3-14-15-6-4-5-7-16(15)20-18(17(14)19)13-10-8-12(2)9-11-13/h4-11,14,18H,3H2,1-2H3. The monoisotopic (exact) mass is 266 g/mol. The molecule has 2 nitrogen and oxygen atoms in total. The van der Waals surface area contributed by atoms with Gasteiger partial charge in [0.2, 0.25) is 0 Å². The summed E-state index contributed by atoms with van der Waals surface area (Å²) in [7, 11) is 0. The minimum atomic E-state index is -0.476. The molecule has 2 atom stereocenters. The lowest BCUT2D eigenvalue weighted by Crippen LogP contribution is -2.29. The van der Waals surface area contributed by atoms with Gasteiger partial charge in [0.15, 0.2) is 11.9 Å². The van der Waals surface area contributed by atoms with Crippen molar-refractivity contribution in [2.24, 2.45) is 0 Å². The van der Waals surface area contributed by atoms with Gasteiger partial charge in [-0.25, -0.2) is 0 Å². The molecular weight excluding hydrogens is 248 g/mol. The number of benzene rings is 2. The molecule has 2 aromatic rings. The van der Waals surface area contributed by atoms with E-state index in [1.807, 2.05) is 55.5 Å². The lowest BCUT2D eigenvalue weighted by Gasteiger charge is -2.30. The van der Waals surface area contributed by atoms with Crippen LogP contribution in [0.5, 0.6) is 5.75 Å². The predicted octanol–water partition coefficient (Wildman–Crippen LogP) is 4.19. The van der Waals surface area contributed by atoms with Crippen LogP contribution in [-0.2, 0) is 4.79 Å². The summed E-state index contributed by atoms with van der Waals surface area (Å²) in [6, 6.07) is 15.9.